The summed E-state index contributed by atoms with van der Waals surface area (Å²) in [7, 11) is 1.91. The molecule has 5 heteroatoms. The van der Waals surface area contributed by atoms with Crippen LogP contribution in [-0.4, -0.2) is 33.2 Å². The summed E-state index contributed by atoms with van der Waals surface area (Å²) in [6, 6.07) is -0.314. The van der Waals surface area contributed by atoms with Crippen molar-refractivity contribution in [2.24, 2.45) is 12.8 Å². The van der Waals surface area contributed by atoms with Gasteiger partial charge in [-0.15, -0.1) is 0 Å². The summed E-state index contributed by atoms with van der Waals surface area (Å²) in [6.07, 6.45) is 3.62. The predicted molar refractivity (Wildman–Crippen MR) is 60.6 cm³/mol. The van der Waals surface area contributed by atoms with Crippen LogP contribution in [0, 0.1) is 6.92 Å². The number of hydrogen-bond donors (Lipinski definition) is 1. The molecule has 1 aromatic heterocycles. The van der Waals surface area contributed by atoms with Crippen molar-refractivity contribution in [1.82, 2.24) is 14.7 Å². The lowest BCUT2D eigenvalue weighted by molar-refractivity contribution is -0.135. The van der Waals surface area contributed by atoms with E-state index in [9.17, 15) is 4.79 Å². The van der Waals surface area contributed by atoms with Crippen LogP contribution < -0.4 is 5.73 Å². The van der Waals surface area contributed by atoms with Gasteiger partial charge in [0, 0.05) is 31.4 Å². The molecule has 2 N–H and O–H groups in total. The molecule has 1 unspecified atom stereocenters. The normalized spacial score (nSPS) is 21.6. The van der Waals surface area contributed by atoms with E-state index in [1.54, 1.807) is 0 Å². The van der Waals surface area contributed by atoms with E-state index >= 15 is 0 Å². The maximum atomic E-state index is 11.8. The molecule has 0 aromatic carbocycles. The molecule has 1 saturated heterocycles. The van der Waals surface area contributed by atoms with Gasteiger partial charge in [0.25, 0.3) is 0 Å². The summed E-state index contributed by atoms with van der Waals surface area (Å²) in [4.78, 5) is 13.7. The molecule has 1 amide bonds. The Morgan fingerprint density at radius 3 is 3.00 bits per heavy atom. The second-order valence-corrected chi connectivity index (χ2v) is 4.39. The number of aromatic nitrogens is 2. The van der Waals surface area contributed by atoms with Gasteiger partial charge in [0.1, 0.15) is 0 Å². The lowest BCUT2D eigenvalue weighted by Crippen LogP contribution is -2.47. The van der Waals surface area contributed by atoms with Gasteiger partial charge in [-0.05, 0) is 19.8 Å². The van der Waals surface area contributed by atoms with Gasteiger partial charge in [-0.25, -0.2) is 0 Å². The van der Waals surface area contributed by atoms with Gasteiger partial charge in [0.05, 0.1) is 12.2 Å². The Labute approximate surface area is 95.2 Å². The zero-order valence-corrected chi connectivity index (χ0v) is 9.81. The highest BCUT2D eigenvalue weighted by atomic mass is 16.2. The van der Waals surface area contributed by atoms with Gasteiger partial charge in [0.2, 0.25) is 5.91 Å². The molecule has 0 saturated carbocycles. The number of hydrogen-bond acceptors (Lipinski definition) is 3. The predicted octanol–water partition coefficient (Wildman–Crippen LogP) is 0.178. The lowest BCUT2D eigenvalue weighted by Gasteiger charge is -2.30. The summed E-state index contributed by atoms with van der Waals surface area (Å²) in [5, 5.41) is 4.17. The number of nitrogens with two attached hydrogens (primary N) is 1. The van der Waals surface area contributed by atoms with Crippen LogP contribution in [0.1, 0.15) is 24.1 Å². The van der Waals surface area contributed by atoms with Gasteiger partial charge in [-0.2, -0.15) is 5.10 Å². The second kappa shape index (κ2) is 4.25. The highest BCUT2D eigenvalue weighted by molar-refractivity contribution is 5.82. The second-order valence-electron chi connectivity index (χ2n) is 4.39. The zero-order valence-electron chi connectivity index (χ0n) is 9.81. The van der Waals surface area contributed by atoms with Crippen molar-refractivity contribution in [2.75, 3.05) is 6.54 Å². The molecule has 0 spiro atoms. The van der Waals surface area contributed by atoms with E-state index in [0.717, 1.165) is 30.6 Å². The van der Waals surface area contributed by atoms with Gasteiger partial charge >= 0.3 is 0 Å². The van der Waals surface area contributed by atoms with E-state index in [4.69, 9.17) is 5.73 Å². The van der Waals surface area contributed by atoms with E-state index in [-0.39, 0.29) is 11.9 Å². The zero-order chi connectivity index (χ0) is 11.7. The molecule has 88 valence electrons. The molecule has 2 heterocycles. The molecule has 1 aliphatic heterocycles. The van der Waals surface area contributed by atoms with E-state index in [1.165, 1.54) is 0 Å². The van der Waals surface area contributed by atoms with Crippen molar-refractivity contribution in [2.45, 2.75) is 32.4 Å². The van der Waals surface area contributed by atoms with Gasteiger partial charge in [0.15, 0.2) is 0 Å². The third-order valence-electron chi connectivity index (χ3n) is 3.27. The first-order valence-corrected chi connectivity index (χ1v) is 5.61. The number of amides is 1. The Balaban J connectivity index is 2.09. The first kappa shape index (κ1) is 11.1. The van der Waals surface area contributed by atoms with Gasteiger partial charge in [-0.3, -0.25) is 9.48 Å². The molecule has 0 radical (unpaired) electrons. The van der Waals surface area contributed by atoms with Crippen LogP contribution in [0.25, 0.3) is 0 Å². The van der Waals surface area contributed by atoms with Gasteiger partial charge in [-0.1, -0.05) is 0 Å². The number of nitrogens with zero attached hydrogens (tertiary/aromatic N) is 3. The summed E-state index contributed by atoms with van der Waals surface area (Å²) in [6.45, 7) is 3.45. The first-order valence-electron chi connectivity index (χ1n) is 5.61. The Kier molecular flexibility index (Phi) is 2.96. The van der Waals surface area contributed by atoms with Crippen LogP contribution in [0.2, 0.25) is 0 Å². The fourth-order valence-corrected chi connectivity index (χ4v) is 2.03. The van der Waals surface area contributed by atoms with E-state index < -0.39 is 0 Å². The molecule has 2 rings (SSSR count). The number of piperidine rings is 1. The maximum absolute atomic E-state index is 11.8. The highest BCUT2D eigenvalue weighted by Crippen LogP contribution is 2.15. The van der Waals surface area contributed by atoms with E-state index in [1.807, 2.05) is 29.7 Å². The topological polar surface area (TPSA) is 64.2 Å². The molecule has 1 fully saturated rings. The monoisotopic (exact) mass is 222 g/mol. The summed E-state index contributed by atoms with van der Waals surface area (Å²) >= 11 is 0. The number of carbonyl (C=O) groups is 1. The average Bonchev–Trinajstić information content (AvgIpc) is 2.57. The molecule has 5 nitrogen and oxygen atoms in total. The molecular weight excluding hydrogens is 204 g/mol. The SMILES string of the molecule is Cc1c(CN2CCCC(N)C2=O)cnn1C. The number of carbonyl (C=O) groups excluding carboxylic acids is 1. The van der Waals surface area contributed by atoms with Crippen LogP contribution in [0.15, 0.2) is 6.20 Å². The maximum Gasteiger partial charge on any atom is 0.239 e. The summed E-state index contributed by atoms with van der Waals surface area (Å²) in [5.74, 6) is 0.0644. The molecule has 0 bridgehead atoms. The Morgan fingerprint density at radius 2 is 2.38 bits per heavy atom. The van der Waals surface area contributed by atoms with Crippen LogP contribution in [0.5, 0.6) is 0 Å². The minimum Gasteiger partial charge on any atom is -0.337 e. The molecule has 0 aliphatic carbocycles. The minimum absolute atomic E-state index is 0.0644. The van der Waals surface area contributed by atoms with Crippen LogP contribution in [-0.2, 0) is 18.4 Å². The van der Waals surface area contributed by atoms with Crippen molar-refractivity contribution < 1.29 is 4.79 Å². The third-order valence-corrected chi connectivity index (χ3v) is 3.27. The standard InChI is InChI=1S/C11H18N4O/c1-8-9(6-13-14(8)2)7-15-5-3-4-10(12)11(15)16/h6,10H,3-5,7,12H2,1-2H3. The number of rotatable bonds is 2. The van der Waals surface area contributed by atoms with Crippen molar-refractivity contribution in [3.8, 4) is 0 Å². The number of aryl methyl sites for hydroxylation is 1. The molecule has 1 aromatic rings. The van der Waals surface area contributed by atoms with Crippen molar-refractivity contribution in [1.29, 1.82) is 0 Å². The van der Waals surface area contributed by atoms with Crippen LogP contribution in [0.4, 0.5) is 0 Å². The van der Waals surface area contributed by atoms with Crippen molar-refractivity contribution in [3.05, 3.63) is 17.5 Å². The van der Waals surface area contributed by atoms with Crippen molar-refractivity contribution in [3.63, 3.8) is 0 Å². The minimum atomic E-state index is -0.314. The molecule has 16 heavy (non-hydrogen) atoms. The fraction of sp³-hybridized carbons (Fsp3) is 0.636. The van der Waals surface area contributed by atoms with Gasteiger partial charge < -0.3 is 10.6 Å². The fourth-order valence-electron chi connectivity index (χ4n) is 2.03. The summed E-state index contributed by atoms with van der Waals surface area (Å²) in [5.41, 5.74) is 7.96. The summed E-state index contributed by atoms with van der Waals surface area (Å²) < 4.78 is 1.82. The molecular formula is C11H18N4O. The lowest BCUT2D eigenvalue weighted by atomic mass is 10.1. The third kappa shape index (κ3) is 1.95. The molecule has 1 atom stereocenters. The van der Waals surface area contributed by atoms with E-state index in [0.29, 0.717) is 6.54 Å². The smallest absolute Gasteiger partial charge is 0.239 e. The molecule has 1 aliphatic rings. The highest BCUT2D eigenvalue weighted by Gasteiger charge is 2.26. The van der Waals surface area contributed by atoms with Crippen molar-refractivity contribution >= 4 is 5.91 Å². The Morgan fingerprint density at radius 1 is 1.62 bits per heavy atom. The largest absolute Gasteiger partial charge is 0.337 e. The van der Waals surface area contributed by atoms with Crippen LogP contribution >= 0.6 is 0 Å². The first-order chi connectivity index (χ1) is 7.59. The quantitative estimate of drug-likeness (QED) is 0.776. The Bertz CT molecular complexity index is 399. The number of likely N-dealkylation sites (tertiary alicyclic amines) is 1. The average molecular weight is 222 g/mol. The van der Waals surface area contributed by atoms with Crippen LogP contribution in [0.3, 0.4) is 0 Å². The van der Waals surface area contributed by atoms with E-state index in [2.05, 4.69) is 5.10 Å². The Hall–Kier alpha value is -1.36.